The molecule has 128 valence electrons. The SMILES string of the molecule is O=C(CCc1cccc(CO)c1O)CCc1cccc(CO)c1O. The van der Waals surface area contributed by atoms with E-state index in [1.54, 1.807) is 36.4 Å². The van der Waals surface area contributed by atoms with Crippen molar-refractivity contribution in [3.05, 3.63) is 58.7 Å². The van der Waals surface area contributed by atoms with Crippen molar-refractivity contribution in [3.8, 4) is 11.5 Å². The molecule has 24 heavy (non-hydrogen) atoms. The van der Waals surface area contributed by atoms with E-state index in [4.69, 9.17) is 10.2 Å². The summed E-state index contributed by atoms with van der Waals surface area (Å²) in [6, 6.07) is 10.2. The average molecular weight is 330 g/mol. The highest BCUT2D eigenvalue weighted by Crippen LogP contribution is 2.25. The Balaban J connectivity index is 1.91. The van der Waals surface area contributed by atoms with Crippen molar-refractivity contribution >= 4 is 5.78 Å². The molecule has 0 aromatic heterocycles. The van der Waals surface area contributed by atoms with Gasteiger partial charge < -0.3 is 20.4 Å². The van der Waals surface area contributed by atoms with Gasteiger partial charge in [-0.15, -0.1) is 0 Å². The Morgan fingerprint density at radius 1 is 0.708 bits per heavy atom. The van der Waals surface area contributed by atoms with Crippen LogP contribution < -0.4 is 0 Å². The minimum atomic E-state index is -0.242. The Bertz CT molecular complexity index is 649. The molecule has 0 aliphatic heterocycles. The van der Waals surface area contributed by atoms with Crippen molar-refractivity contribution in [1.82, 2.24) is 0 Å². The van der Waals surface area contributed by atoms with Crippen molar-refractivity contribution in [2.24, 2.45) is 0 Å². The molecule has 2 rings (SSSR count). The van der Waals surface area contributed by atoms with Crippen LogP contribution in [0.4, 0.5) is 0 Å². The largest absolute Gasteiger partial charge is 0.507 e. The monoisotopic (exact) mass is 330 g/mol. The van der Waals surface area contributed by atoms with Crippen LogP contribution >= 0.6 is 0 Å². The average Bonchev–Trinajstić information content (AvgIpc) is 2.60. The maximum absolute atomic E-state index is 12.1. The van der Waals surface area contributed by atoms with Crippen LogP contribution in [0, 0.1) is 0 Å². The smallest absolute Gasteiger partial charge is 0.133 e. The van der Waals surface area contributed by atoms with Gasteiger partial charge in [0.2, 0.25) is 0 Å². The molecule has 0 amide bonds. The Morgan fingerprint density at radius 2 is 1.08 bits per heavy atom. The van der Waals surface area contributed by atoms with Gasteiger partial charge in [-0.3, -0.25) is 4.79 Å². The van der Waals surface area contributed by atoms with Crippen LogP contribution in [-0.2, 0) is 30.8 Å². The predicted molar refractivity (Wildman–Crippen MR) is 89.7 cm³/mol. The number of rotatable bonds is 8. The first-order valence-corrected chi connectivity index (χ1v) is 7.89. The first kappa shape index (κ1) is 18.0. The molecule has 0 heterocycles. The summed E-state index contributed by atoms with van der Waals surface area (Å²) in [5.41, 5.74) is 2.18. The summed E-state index contributed by atoms with van der Waals surface area (Å²) < 4.78 is 0. The quantitative estimate of drug-likeness (QED) is 0.595. The molecule has 0 saturated carbocycles. The number of aliphatic hydroxyl groups excluding tert-OH is 2. The third-order valence-electron chi connectivity index (χ3n) is 4.09. The number of aliphatic hydroxyl groups is 2. The summed E-state index contributed by atoms with van der Waals surface area (Å²) in [4.78, 5) is 12.1. The second-order valence-corrected chi connectivity index (χ2v) is 5.70. The van der Waals surface area contributed by atoms with Crippen molar-refractivity contribution in [2.45, 2.75) is 38.9 Å². The van der Waals surface area contributed by atoms with E-state index in [1.807, 2.05) is 0 Å². The highest BCUT2D eigenvalue weighted by atomic mass is 16.3. The first-order valence-electron chi connectivity index (χ1n) is 7.89. The summed E-state index contributed by atoms with van der Waals surface area (Å²) in [7, 11) is 0. The van der Waals surface area contributed by atoms with E-state index in [-0.39, 0.29) is 43.3 Å². The number of phenols is 2. The lowest BCUT2D eigenvalue weighted by molar-refractivity contribution is -0.119. The lowest BCUT2D eigenvalue weighted by Gasteiger charge is -2.09. The van der Waals surface area contributed by atoms with E-state index in [1.165, 1.54) is 0 Å². The maximum Gasteiger partial charge on any atom is 0.133 e. The van der Waals surface area contributed by atoms with Gasteiger partial charge in [-0.05, 0) is 24.0 Å². The highest BCUT2D eigenvalue weighted by Gasteiger charge is 2.11. The Kier molecular flexibility index (Phi) is 6.35. The fourth-order valence-electron chi connectivity index (χ4n) is 2.62. The van der Waals surface area contributed by atoms with Crippen LogP contribution in [0.15, 0.2) is 36.4 Å². The minimum Gasteiger partial charge on any atom is -0.507 e. The van der Waals surface area contributed by atoms with E-state index >= 15 is 0 Å². The number of aromatic hydroxyl groups is 2. The number of carbonyl (C=O) groups is 1. The van der Waals surface area contributed by atoms with Crippen molar-refractivity contribution in [1.29, 1.82) is 0 Å². The van der Waals surface area contributed by atoms with Gasteiger partial charge in [0.25, 0.3) is 0 Å². The molecule has 0 spiro atoms. The number of carbonyl (C=O) groups excluding carboxylic acids is 1. The molecule has 0 unspecified atom stereocenters. The fourth-order valence-corrected chi connectivity index (χ4v) is 2.62. The summed E-state index contributed by atoms with van der Waals surface area (Å²) in [5, 5.41) is 38.2. The Labute approximate surface area is 140 Å². The zero-order valence-corrected chi connectivity index (χ0v) is 13.4. The number of Topliss-reactive ketones (excluding diaryl/α,β-unsaturated/α-hetero) is 1. The fraction of sp³-hybridized carbons (Fsp3) is 0.316. The molecule has 0 aliphatic rings. The topological polar surface area (TPSA) is 98.0 Å². The van der Waals surface area contributed by atoms with Gasteiger partial charge in [0.05, 0.1) is 13.2 Å². The number of para-hydroxylation sites is 2. The first-order chi connectivity index (χ1) is 11.6. The van der Waals surface area contributed by atoms with Crippen LogP contribution in [0.5, 0.6) is 11.5 Å². The summed E-state index contributed by atoms with van der Waals surface area (Å²) in [6.45, 7) is -0.484. The number of hydrogen-bond donors (Lipinski definition) is 4. The van der Waals surface area contributed by atoms with Gasteiger partial charge in [-0.2, -0.15) is 0 Å². The molecule has 0 saturated heterocycles. The van der Waals surface area contributed by atoms with E-state index in [9.17, 15) is 15.0 Å². The maximum atomic E-state index is 12.1. The van der Waals surface area contributed by atoms with Crippen LogP contribution in [0.1, 0.15) is 35.1 Å². The molecule has 0 radical (unpaired) electrons. The molecule has 0 bridgehead atoms. The number of hydrogen-bond acceptors (Lipinski definition) is 5. The molecule has 0 aliphatic carbocycles. The van der Waals surface area contributed by atoms with Crippen LogP contribution in [0.2, 0.25) is 0 Å². The second kappa shape index (κ2) is 8.47. The zero-order chi connectivity index (χ0) is 17.5. The molecule has 4 N–H and O–H groups in total. The minimum absolute atomic E-state index is 0.0256. The van der Waals surface area contributed by atoms with Gasteiger partial charge in [-0.1, -0.05) is 36.4 Å². The normalized spacial score (nSPS) is 10.8. The van der Waals surface area contributed by atoms with E-state index in [2.05, 4.69) is 0 Å². The molecule has 5 nitrogen and oxygen atoms in total. The molecule has 2 aromatic rings. The highest BCUT2D eigenvalue weighted by molar-refractivity contribution is 5.79. The lowest BCUT2D eigenvalue weighted by Crippen LogP contribution is -2.03. The van der Waals surface area contributed by atoms with E-state index in [0.717, 1.165) is 0 Å². The second-order valence-electron chi connectivity index (χ2n) is 5.70. The van der Waals surface area contributed by atoms with Crippen LogP contribution in [0.3, 0.4) is 0 Å². The third kappa shape index (κ3) is 4.34. The number of ketones is 1. The summed E-state index contributed by atoms with van der Waals surface area (Å²) in [6.07, 6.45) is 1.37. The molecular weight excluding hydrogens is 308 g/mol. The zero-order valence-electron chi connectivity index (χ0n) is 13.4. The van der Waals surface area contributed by atoms with Crippen molar-refractivity contribution in [3.63, 3.8) is 0 Å². The molecule has 0 atom stereocenters. The predicted octanol–water partition coefficient (Wildman–Crippen LogP) is 2.22. The van der Waals surface area contributed by atoms with Crippen molar-refractivity contribution in [2.75, 3.05) is 0 Å². The van der Waals surface area contributed by atoms with Crippen LogP contribution in [-0.4, -0.2) is 26.2 Å². The van der Waals surface area contributed by atoms with E-state index < -0.39 is 0 Å². The van der Waals surface area contributed by atoms with Crippen molar-refractivity contribution < 1.29 is 25.2 Å². The van der Waals surface area contributed by atoms with Gasteiger partial charge in [0, 0.05) is 24.0 Å². The molecule has 0 fully saturated rings. The molecular formula is C19H22O5. The Hall–Kier alpha value is -2.37. The standard InChI is InChI=1S/C19H22O5/c20-11-15-5-1-3-13(18(15)23)7-9-17(22)10-8-14-4-2-6-16(12-21)19(14)24/h1-6,20-21,23-24H,7-12H2. The number of aryl methyl sites for hydroxylation is 2. The van der Waals surface area contributed by atoms with Gasteiger partial charge in [-0.25, -0.2) is 0 Å². The molecule has 5 heteroatoms. The summed E-state index contributed by atoms with van der Waals surface area (Å²) in [5.74, 6) is 0.111. The van der Waals surface area contributed by atoms with Gasteiger partial charge in [0.1, 0.15) is 17.3 Å². The Morgan fingerprint density at radius 3 is 1.46 bits per heavy atom. The lowest BCUT2D eigenvalue weighted by atomic mass is 9.99. The van der Waals surface area contributed by atoms with Gasteiger partial charge >= 0.3 is 0 Å². The van der Waals surface area contributed by atoms with Gasteiger partial charge in [0.15, 0.2) is 0 Å². The molecule has 2 aromatic carbocycles. The third-order valence-corrected chi connectivity index (χ3v) is 4.09. The summed E-state index contributed by atoms with van der Waals surface area (Å²) >= 11 is 0. The number of benzene rings is 2. The van der Waals surface area contributed by atoms with Crippen LogP contribution in [0.25, 0.3) is 0 Å². The van der Waals surface area contributed by atoms with E-state index in [0.29, 0.717) is 35.1 Å².